The van der Waals surface area contributed by atoms with Gasteiger partial charge in [0, 0.05) is 25.7 Å². The largest absolute Gasteiger partial charge is 0.409 e. The monoisotopic (exact) mass is 214 g/mol. The maximum Gasteiger partial charge on any atom is 0.230 e. The van der Waals surface area contributed by atoms with Crippen LogP contribution >= 0.6 is 0 Å². The van der Waals surface area contributed by atoms with E-state index in [1.54, 1.807) is 4.90 Å². The number of amidine groups is 1. The number of carbonyl (C=O) groups excluding carboxylic acids is 1. The minimum atomic E-state index is -0.0785. The highest BCUT2D eigenvalue weighted by molar-refractivity contribution is 5.98. The van der Waals surface area contributed by atoms with Crippen LogP contribution in [0.2, 0.25) is 0 Å². The van der Waals surface area contributed by atoms with Gasteiger partial charge in [-0.05, 0) is 14.0 Å². The molecule has 6 heteroatoms. The predicted octanol–water partition coefficient (Wildman–Crippen LogP) is -0.715. The highest BCUT2D eigenvalue weighted by atomic mass is 16.4. The van der Waals surface area contributed by atoms with Crippen molar-refractivity contribution in [2.45, 2.75) is 19.4 Å². The molecule has 1 amide bonds. The van der Waals surface area contributed by atoms with E-state index in [-0.39, 0.29) is 18.2 Å². The summed E-state index contributed by atoms with van der Waals surface area (Å²) in [7, 11) is 2.04. The third kappa shape index (κ3) is 3.09. The highest BCUT2D eigenvalue weighted by Crippen LogP contribution is 2.08. The fourth-order valence-corrected chi connectivity index (χ4v) is 1.58. The lowest BCUT2D eigenvalue weighted by Crippen LogP contribution is -2.52. The van der Waals surface area contributed by atoms with Crippen molar-refractivity contribution in [3.05, 3.63) is 0 Å². The van der Waals surface area contributed by atoms with Crippen molar-refractivity contribution in [2.24, 2.45) is 10.9 Å². The van der Waals surface area contributed by atoms with Crippen molar-refractivity contribution in [2.75, 3.05) is 26.7 Å². The molecule has 15 heavy (non-hydrogen) atoms. The van der Waals surface area contributed by atoms with E-state index in [1.807, 2.05) is 7.05 Å². The van der Waals surface area contributed by atoms with Crippen LogP contribution in [0.5, 0.6) is 0 Å². The second kappa shape index (κ2) is 4.97. The normalized spacial score (nSPS) is 24.3. The molecule has 1 saturated heterocycles. The van der Waals surface area contributed by atoms with Crippen LogP contribution in [0.3, 0.4) is 0 Å². The minimum absolute atomic E-state index is 0.00701. The zero-order chi connectivity index (χ0) is 11.4. The van der Waals surface area contributed by atoms with E-state index >= 15 is 0 Å². The first-order chi connectivity index (χ1) is 7.04. The molecule has 0 aromatic rings. The first-order valence-corrected chi connectivity index (χ1v) is 4.99. The first-order valence-electron chi connectivity index (χ1n) is 4.99. The lowest BCUT2D eigenvalue weighted by molar-refractivity contribution is -0.132. The van der Waals surface area contributed by atoms with Crippen molar-refractivity contribution < 1.29 is 10.0 Å². The number of carbonyl (C=O) groups is 1. The van der Waals surface area contributed by atoms with Crippen molar-refractivity contribution in [1.29, 1.82) is 0 Å². The third-order valence-electron chi connectivity index (χ3n) is 2.77. The molecule has 0 aromatic heterocycles. The van der Waals surface area contributed by atoms with Crippen LogP contribution in [0.25, 0.3) is 0 Å². The molecular weight excluding hydrogens is 196 g/mol. The van der Waals surface area contributed by atoms with Crippen LogP contribution in [0.4, 0.5) is 0 Å². The Balaban J connectivity index is 2.48. The number of likely N-dealkylation sites (N-methyl/N-ethyl adjacent to an activating group) is 1. The summed E-state index contributed by atoms with van der Waals surface area (Å²) < 4.78 is 0. The fraction of sp³-hybridized carbons (Fsp3) is 0.778. The van der Waals surface area contributed by atoms with Gasteiger partial charge in [0.1, 0.15) is 5.84 Å². The molecule has 1 rings (SSSR count). The molecule has 0 spiro atoms. The van der Waals surface area contributed by atoms with Gasteiger partial charge in [0.25, 0.3) is 0 Å². The van der Waals surface area contributed by atoms with Crippen LogP contribution in [-0.2, 0) is 4.79 Å². The molecule has 1 fully saturated rings. The van der Waals surface area contributed by atoms with Gasteiger partial charge < -0.3 is 20.7 Å². The van der Waals surface area contributed by atoms with Gasteiger partial charge in [-0.1, -0.05) is 5.16 Å². The number of oxime groups is 1. The van der Waals surface area contributed by atoms with Crippen LogP contribution < -0.4 is 5.73 Å². The van der Waals surface area contributed by atoms with E-state index in [2.05, 4.69) is 17.0 Å². The Morgan fingerprint density at radius 1 is 1.60 bits per heavy atom. The van der Waals surface area contributed by atoms with E-state index in [4.69, 9.17) is 10.9 Å². The van der Waals surface area contributed by atoms with Crippen LogP contribution in [0.1, 0.15) is 13.3 Å². The number of hydrogen-bond donors (Lipinski definition) is 2. The Morgan fingerprint density at radius 3 is 2.80 bits per heavy atom. The summed E-state index contributed by atoms with van der Waals surface area (Å²) in [6.07, 6.45) is -0.00701. The van der Waals surface area contributed by atoms with Gasteiger partial charge >= 0.3 is 0 Å². The molecule has 1 atom stereocenters. The molecule has 0 radical (unpaired) electrons. The Hall–Kier alpha value is -1.30. The number of nitrogens with zero attached hydrogens (tertiary/aromatic N) is 3. The predicted molar refractivity (Wildman–Crippen MR) is 56.7 cm³/mol. The summed E-state index contributed by atoms with van der Waals surface area (Å²) in [6, 6.07) is 0.356. The van der Waals surface area contributed by atoms with Crippen molar-refractivity contribution in [3.63, 3.8) is 0 Å². The molecule has 0 saturated carbocycles. The van der Waals surface area contributed by atoms with Gasteiger partial charge in [-0.25, -0.2) is 0 Å². The molecule has 6 nitrogen and oxygen atoms in total. The molecule has 1 aliphatic heterocycles. The molecule has 0 aromatic carbocycles. The molecule has 0 bridgehead atoms. The van der Waals surface area contributed by atoms with Gasteiger partial charge in [-0.15, -0.1) is 0 Å². The molecule has 1 unspecified atom stereocenters. The van der Waals surface area contributed by atoms with Gasteiger partial charge in [0.05, 0.1) is 6.42 Å². The Labute approximate surface area is 89.3 Å². The summed E-state index contributed by atoms with van der Waals surface area (Å²) in [4.78, 5) is 15.6. The van der Waals surface area contributed by atoms with E-state index in [1.165, 1.54) is 0 Å². The summed E-state index contributed by atoms with van der Waals surface area (Å²) in [6.45, 7) is 4.35. The van der Waals surface area contributed by atoms with Crippen molar-refractivity contribution in [1.82, 2.24) is 9.80 Å². The van der Waals surface area contributed by atoms with E-state index in [0.717, 1.165) is 6.54 Å². The quantitative estimate of drug-likeness (QED) is 0.275. The number of rotatable bonds is 2. The molecule has 0 aliphatic carbocycles. The topological polar surface area (TPSA) is 82.2 Å². The zero-order valence-electron chi connectivity index (χ0n) is 9.18. The van der Waals surface area contributed by atoms with Crippen LogP contribution in [0, 0.1) is 0 Å². The van der Waals surface area contributed by atoms with E-state index in [9.17, 15) is 4.79 Å². The van der Waals surface area contributed by atoms with E-state index < -0.39 is 0 Å². The third-order valence-corrected chi connectivity index (χ3v) is 2.77. The Morgan fingerprint density at radius 2 is 2.27 bits per heavy atom. The van der Waals surface area contributed by atoms with E-state index in [0.29, 0.717) is 19.1 Å². The molecule has 1 heterocycles. The maximum absolute atomic E-state index is 11.7. The van der Waals surface area contributed by atoms with Crippen molar-refractivity contribution >= 4 is 11.7 Å². The number of amides is 1. The summed E-state index contributed by atoms with van der Waals surface area (Å²) in [5, 5.41) is 11.2. The molecule has 86 valence electrons. The number of piperazine rings is 1. The first kappa shape index (κ1) is 11.8. The Kier molecular flexibility index (Phi) is 3.90. The van der Waals surface area contributed by atoms with Gasteiger partial charge in [0.2, 0.25) is 5.91 Å². The average Bonchev–Trinajstić information content (AvgIpc) is 2.21. The second-order valence-corrected chi connectivity index (χ2v) is 3.94. The lowest BCUT2D eigenvalue weighted by Gasteiger charge is -2.37. The summed E-state index contributed by atoms with van der Waals surface area (Å²) >= 11 is 0. The fourth-order valence-electron chi connectivity index (χ4n) is 1.58. The van der Waals surface area contributed by atoms with Gasteiger partial charge in [-0.3, -0.25) is 4.79 Å². The van der Waals surface area contributed by atoms with Crippen LogP contribution in [0.15, 0.2) is 5.16 Å². The second-order valence-electron chi connectivity index (χ2n) is 3.94. The minimum Gasteiger partial charge on any atom is -0.409 e. The SMILES string of the molecule is CC1CN(C(=O)CC(N)=NO)CCN1C. The smallest absolute Gasteiger partial charge is 0.230 e. The highest BCUT2D eigenvalue weighted by Gasteiger charge is 2.24. The lowest BCUT2D eigenvalue weighted by atomic mass is 10.2. The summed E-state index contributed by atoms with van der Waals surface area (Å²) in [5.41, 5.74) is 5.28. The zero-order valence-corrected chi connectivity index (χ0v) is 9.18. The Bertz CT molecular complexity index is 267. The van der Waals surface area contributed by atoms with Gasteiger partial charge in [0.15, 0.2) is 0 Å². The van der Waals surface area contributed by atoms with Gasteiger partial charge in [-0.2, -0.15) is 0 Å². The van der Waals surface area contributed by atoms with Crippen LogP contribution in [-0.4, -0.2) is 59.5 Å². The molecule has 3 N–H and O–H groups in total. The maximum atomic E-state index is 11.7. The standard InChI is InChI=1S/C9H18N4O2/c1-7-6-13(4-3-12(7)2)9(14)5-8(10)11-15/h7,15H,3-6H2,1-2H3,(H2,10,11). The van der Waals surface area contributed by atoms with Crippen molar-refractivity contribution in [3.8, 4) is 0 Å². The average molecular weight is 214 g/mol. The summed E-state index contributed by atoms with van der Waals surface area (Å²) in [5.74, 6) is -0.114. The number of hydrogen-bond acceptors (Lipinski definition) is 4. The number of nitrogens with two attached hydrogens (primary N) is 1. The molecular formula is C9H18N4O2. The molecule has 1 aliphatic rings.